The Bertz CT molecular complexity index is 1140. The van der Waals surface area contributed by atoms with Gasteiger partial charge < -0.3 is 18.3 Å². The maximum atomic E-state index is 11.9. The third-order valence-corrected chi connectivity index (χ3v) is 22.8. The lowest BCUT2D eigenvalue weighted by Crippen LogP contribution is -2.58. The third-order valence-electron chi connectivity index (χ3n) is 13.7. The Kier molecular flexibility index (Phi) is 10.7. The molecule has 7 heteroatoms. The molecule has 45 heavy (non-hydrogen) atoms. The predicted octanol–water partition coefficient (Wildman–Crippen LogP) is 10.2. The van der Waals surface area contributed by atoms with E-state index in [4.69, 9.17) is 18.3 Å². The molecular weight excluding hydrogens is 593 g/mol. The molecule has 0 bridgehead atoms. The van der Waals surface area contributed by atoms with Crippen molar-refractivity contribution in [1.82, 2.24) is 0 Å². The van der Waals surface area contributed by atoms with Gasteiger partial charge in [-0.25, -0.2) is 0 Å². The van der Waals surface area contributed by atoms with E-state index in [1.54, 1.807) is 11.1 Å². The van der Waals surface area contributed by atoms with Gasteiger partial charge in [0, 0.05) is 5.41 Å². The highest BCUT2D eigenvalue weighted by Crippen LogP contribution is 2.66. The first-order valence-corrected chi connectivity index (χ1v) is 23.9. The van der Waals surface area contributed by atoms with Crippen molar-refractivity contribution >= 4 is 22.6 Å². The van der Waals surface area contributed by atoms with E-state index in [1.165, 1.54) is 25.7 Å². The second kappa shape index (κ2) is 12.9. The van der Waals surface area contributed by atoms with Gasteiger partial charge in [-0.1, -0.05) is 78.7 Å². The molecule has 0 N–H and O–H groups in total. The van der Waals surface area contributed by atoms with Gasteiger partial charge in [-0.15, -0.1) is 0 Å². The molecule has 0 aromatic carbocycles. The highest BCUT2D eigenvalue weighted by molar-refractivity contribution is 6.74. The molecule has 258 valence electrons. The molecule has 4 aliphatic rings. The summed E-state index contributed by atoms with van der Waals surface area (Å²) < 4.78 is 26.1. The second-order valence-electron chi connectivity index (χ2n) is 18.4. The summed E-state index contributed by atoms with van der Waals surface area (Å²) in [7, 11) is -3.95. The van der Waals surface area contributed by atoms with Crippen molar-refractivity contribution in [2.24, 2.45) is 28.6 Å². The maximum Gasteiger partial charge on any atom is 0.308 e. The molecule has 0 unspecified atom stereocenters. The molecule has 0 heterocycles. The van der Waals surface area contributed by atoms with Crippen LogP contribution in [0.4, 0.5) is 0 Å². The molecule has 3 saturated carbocycles. The SMILES string of the molecule is CCOC(=O)CCO[C@@H](C)[C@H]1CC[C@H]2C3=CC=C4C[C@@H](O[Si](C)(C)C(C)(C)C)C[C@H](O[Si](C)(C)C(C)(C)C)[C@]4(C)[C@H]3CC[C@]12C. The highest BCUT2D eigenvalue weighted by Gasteiger charge is 2.61. The lowest BCUT2D eigenvalue weighted by atomic mass is 9.49. The molecule has 4 rings (SSSR count). The molecule has 4 aliphatic carbocycles. The molecule has 0 aromatic rings. The van der Waals surface area contributed by atoms with Crippen molar-refractivity contribution < 1.29 is 23.1 Å². The molecule has 0 aliphatic heterocycles. The fourth-order valence-corrected chi connectivity index (χ4v) is 11.7. The summed E-state index contributed by atoms with van der Waals surface area (Å²) in [6, 6.07) is 0. The number of fused-ring (bicyclic) bond motifs is 5. The first kappa shape index (κ1) is 37.1. The zero-order valence-corrected chi connectivity index (χ0v) is 33.5. The Morgan fingerprint density at radius 3 is 2.16 bits per heavy atom. The molecular formula is C38H68O5Si2. The van der Waals surface area contributed by atoms with E-state index < -0.39 is 16.6 Å². The van der Waals surface area contributed by atoms with Crippen molar-refractivity contribution in [3.05, 3.63) is 23.3 Å². The Morgan fingerprint density at radius 2 is 1.56 bits per heavy atom. The summed E-state index contributed by atoms with van der Waals surface area (Å²) in [5, 5.41) is 0.338. The summed E-state index contributed by atoms with van der Waals surface area (Å²) in [5.74, 6) is 1.42. The van der Waals surface area contributed by atoms with E-state index in [9.17, 15) is 4.79 Å². The van der Waals surface area contributed by atoms with Crippen LogP contribution in [0.15, 0.2) is 23.3 Å². The van der Waals surface area contributed by atoms with Crippen LogP contribution in [0.1, 0.15) is 114 Å². The largest absolute Gasteiger partial charge is 0.466 e. The number of hydrogen-bond donors (Lipinski definition) is 0. The minimum Gasteiger partial charge on any atom is -0.466 e. The standard InChI is InChI=1S/C38H68O5Si2/c1-15-40-34(39)21-23-41-26(2)30-18-19-31-29-17-16-27-24-28(42-44(11,12)35(3,4)5)25-33(43-45(13,14)36(6,7)8)38(27,10)32(29)20-22-37(30,31)9/h16-17,26,28,30-33H,15,18-25H2,1-14H3/t26-,28+,30+,31-,32-,33-,37+,38-/m0/s1. The summed E-state index contributed by atoms with van der Waals surface area (Å²) in [6.07, 6.45) is 12.7. The Morgan fingerprint density at radius 1 is 0.933 bits per heavy atom. The zero-order chi connectivity index (χ0) is 33.8. The molecule has 0 saturated heterocycles. The number of ether oxygens (including phenoxy) is 2. The van der Waals surface area contributed by atoms with Crippen molar-refractivity contribution in [2.75, 3.05) is 13.2 Å². The van der Waals surface area contributed by atoms with Gasteiger partial charge in [-0.05, 0) is 112 Å². The summed E-state index contributed by atoms with van der Waals surface area (Å²) in [5.41, 5.74) is 3.44. The van der Waals surface area contributed by atoms with Gasteiger partial charge in [0.1, 0.15) is 0 Å². The average molecular weight is 661 g/mol. The molecule has 0 amide bonds. The molecule has 3 fully saturated rings. The number of esters is 1. The van der Waals surface area contributed by atoms with Gasteiger partial charge in [-0.3, -0.25) is 4.79 Å². The van der Waals surface area contributed by atoms with Crippen LogP contribution in [-0.4, -0.2) is 54.1 Å². The second-order valence-corrected chi connectivity index (χ2v) is 27.9. The summed E-state index contributed by atoms with van der Waals surface area (Å²) in [4.78, 5) is 11.9. The maximum absolute atomic E-state index is 11.9. The number of allylic oxidation sites excluding steroid dienone is 3. The van der Waals surface area contributed by atoms with Crippen LogP contribution < -0.4 is 0 Å². The highest BCUT2D eigenvalue weighted by atomic mass is 28.4. The van der Waals surface area contributed by atoms with Gasteiger partial charge in [0.2, 0.25) is 0 Å². The van der Waals surface area contributed by atoms with Crippen LogP contribution >= 0.6 is 0 Å². The minimum atomic E-state index is -2.03. The normalized spacial score (nSPS) is 34.7. The van der Waals surface area contributed by atoms with Gasteiger partial charge >= 0.3 is 5.97 Å². The molecule has 0 spiro atoms. The fraction of sp³-hybridized carbons (Fsp3) is 0.868. The molecule has 0 aromatic heterocycles. The van der Waals surface area contributed by atoms with Crippen molar-refractivity contribution in [2.45, 2.75) is 169 Å². The van der Waals surface area contributed by atoms with Gasteiger partial charge in [0.25, 0.3) is 0 Å². The lowest BCUT2D eigenvalue weighted by molar-refractivity contribution is -0.145. The molecule has 8 atom stereocenters. The number of carbonyl (C=O) groups is 1. The Balaban J connectivity index is 1.62. The van der Waals surface area contributed by atoms with Crippen LogP contribution in [0.25, 0.3) is 0 Å². The van der Waals surface area contributed by atoms with Crippen LogP contribution in [0.3, 0.4) is 0 Å². The number of hydrogen-bond acceptors (Lipinski definition) is 5. The van der Waals surface area contributed by atoms with Crippen LogP contribution in [0.2, 0.25) is 36.3 Å². The van der Waals surface area contributed by atoms with Crippen LogP contribution in [-0.2, 0) is 23.1 Å². The Hall–Kier alpha value is -0.736. The summed E-state index contributed by atoms with van der Waals surface area (Å²) in [6.45, 7) is 33.9. The van der Waals surface area contributed by atoms with E-state index >= 15 is 0 Å². The zero-order valence-electron chi connectivity index (χ0n) is 31.5. The van der Waals surface area contributed by atoms with Crippen LogP contribution in [0, 0.1) is 28.6 Å². The van der Waals surface area contributed by atoms with E-state index in [2.05, 4.69) is 101 Å². The first-order chi connectivity index (χ1) is 20.6. The monoisotopic (exact) mass is 660 g/mol. The van der Waals surface area contributed by atoms with Gasteiger partial charge in [0.05, 0.1) is 37.9 Å². The topological polar surface area (TPSA) is 54.0 Å². The number of rotatable bonds is 10. The fourth-order valence-electron chi connectivity index (χ4n) is 8.88. The lowest BCUT2D eigenvalue weighted by Gasteiger charge is -2.59. The summed E-state index contributed by atoms with van der Waals surface area (Å²) >= 11 is 0. The van der Waals surface area contributed by atoms with E-state index in [-0.39, 0.29) is 45.2 Å². The van der Waals surface area contributed by atoms with Crippen molar-refractivity contribution in [1.29, 1.82) is 0 Å². The number of carbonyl (C=O) groups excluding carboxylic acids is 1. The van der Waals surface area contributed by atoms with E-state index in [0.717, 1.165) is 12.8 Å². The average Bonchev–Trinajstić information content (AvgIpc) is 3.25. The van der Waals surface area contributed by atoms with Gasteiger partial charge in [0.15, 0.2) is 16.6 Å². The Labute approximate surface area is 278 Å². The van der Waals surface area contributed by atoms with Gasteiger partial charge in [-0.2, -0.15) is 0 Å². The quantitative estimate of drug-likeness (QED) is 0.172. The van der Waals surface area contributed by atoms with E-state index in [1.807, 2.05) is 6.92 Å². The minimum absolute atomic E-state index is 0.00589. The smallest absolute Gasteiger partial charge is 0.308 e. The third kappa shape index (κ3) is 7.04. The van der Waals surface area contributed by atoms with Crippen LogP contribution in [0.5, 0.6) is 0 Å². The van der Waals surface area contributed by atoms with Crippen molar-refractivity contribution in [3.63, 3.8) is 0 Å². The molecule has 5 nitrogen and oxygen atoms in total. The molecule has 0 radical (unpaired) electrons. The van der Waals surface area contributed by atoms with Crippen molar-refractivity contribution in [3.8, 4) is 0 Å². The van der Waals surface area contributed by atoms with E-state index in [0.29, 0.717) is 37.4 Å². The predicted molar refractivity (Wildman–Crippen MR) is 191 cm³/mol. The first-order valence-electron chi connectivity index (χ1n) is 18.1.